The van der Waals surface area contributed by atoms with Crippen LogP contribution in [0.3, 0.4) is 0 Å². The summed E-state index contributed by atoms with van der Waals surface area (Å²) in [6.07, 6.45) is 0.111. The number of rotatable bonds is 6. The maximum atomic E-state index is 13.1. The van der Waals surface area contributed by atoms with Crippen LogP contribution in [0.5, 0.6) is 0 Å². The molecule has 0 fully saturated rings. The maximum absolute atomic E-state index is 13.1. The summed E-state index contributed by atoms with van der Waals surface area (Å²) in [5.74, 6) is 0.990. The van der Waals surface area contributed by atoms with Crippen LogP contribution < -0.4 is 5.32 Å². The first-order valence-electron chi connectivity index (χ1n) is 11.5. The number of nitrogens with one attached hydrogen (secondary N) is 1. The number of allylic oxidation sites excluding steroid dienone is 1. The molecule has 1 aromatic heterocycles. The summed E-state index contributed by atoms with van der Waals surface area (Å²) in [4.78, 5) is 22.4. The van der Waals surface area contributed by atoms with Crippen molar-refractivity contribution >= 4 is 23.4 Å². The van der Waals surface area contributed by atoms with Gasteiger partial charge in [-0.2, -0.15) is 13.2 Å². The Morgan fingerprint density at radius 3 is 2.56 bits per heavy atom. The zero-order chi connectivity index (χ0) is 25.3. The number of aromatic nitrogens is 2. The largest absolute Gasteiger partial charge is 0.416 e. The zero-order valence-electron chi connectivity index (χ0n) is 19.4. The predicted molar refractivity (Wildman–Crippen MR) is 134 cm³/mol. The summed E-state index contributed by atoms with van der Waals surface area (Å²) < 4.78 is 39.2. The molecule has 4 nitrogen and oxygen atoms in total. The fourth-order valence-electron chi connectivity index (χ4n) is 4.15. The Kier molecular flexibility index (Phi) is 6.14. The first-order chi connectivity index (χ1) is 17.3. The predicted octanol–water partition coefficient (Wildman–Crippen LogP) is 7.21. The molecular formula is C29H22F3N3O. The lowest BCUT2D eigenvalue weighted by atomic mass is 9.99. The molecule has 36 heavy (non-hydrogen) atoms. The van der Waals surface area contributed by atoms with E-state index in [4.69, 9.17) is 9.97 Å². The summed E-state index contributed by atoms with van der Waals surface area (Å²) in [5, 5.41) is 3.38. The number of benzene rings is 3. The molecular weight excluding hydrogens is 463 g/mol. The number of hydrogen-bond acceptors (Lipinski definition) is 4. The molecule has 0 unspecified atom stereocenters. The highest BCUT2D eigenvalue weighted by atomic mass is 19.4. The Balaban J connectivity index is 1.43. The van der Waals surface area contributed by atoms with Crippen molar-refractivity contribution in [2.24, 2.45) is 0 Å². The van der Waals surface area contributed by atoms with Gasteiger partial charge in [0.25, 0.3) is 0 Å². The van der Waals surface area contributed by atoms with Crippen LogP contribution in [0.15, 0.2) is 78.9 Å². The van der Waals surface area contributed by atoms with Crippen LogP contribution in [0, 0.1) is 6.92 Å². The van der Waals surface area contributed by atoms with Crippen molar-refractivity contribution in [2.45, 2.75) is 25.9 Å². The van der Waals surface area contributed by atoms with E-state index in [1.165, 1.54) is 12.1 Å². The van der Waals surface area contributed by atoms with Crippen LogP contribution in [-0.4, -0.2) is 15.8 Å². The van der Waals surface area contributed by atoms with Gasteiger partial charge in [0, 0.05) is 28.8 Å². The summed E-state index contributed by atoms with van der Waals surface area (Å²) in [6.45, 7) is 1.92. The molecule has 0 radical (unpaired) electrons. The SMILES string of the molecule is Cc1ccc(C(=O)Cc2cccc(C(F)(F)F)c2)cc1Nc1nc(-c2ccccc2)nc2c1CC=C2. The molecule has 1 N–H and O–H groups in total. The van der Waals surface area contributed by atoms with E-state index in [9.17, 15) is 18.0 Å². The van der Waals surface area contributed by atoms with Crippen molar-refractivity contribution in [1.29, 1.82) is 0 Å². The van der Waals surface area contributed by atoms with Gasteiger partial charge in [-0.05, 0) is 42.7 Å². The standard InChI is InChI=1S/C29H22F3N3O/c1-18-13-14-21(26(36)16-19-7-5-10-22(15-19)29(30,31)32)17-25(18)34-28-23-11-6-12-24(23)33-27(35-28)20-8-3-2-4-9-20/h2-10,12-15,17H,11,16H2,1H3,(H,33,34,35). The second kappa shape index (κ2) is 9.41. The number of carbonyl (C=O) groups is 1. The molecule has 180 valence electrons. The maximum Gasteiger partial charge on any atom is 0.416 e. The fourth-order valence-corrected chi connectivity index (χ4v) is 4.15. The van der Waals surface area contributed by atoms with Gasteiger partial charge in [0.15, 0.2) is 11.6 Å². The topological polar surface area (TPSA) is 54.9 Å². The molecule has 1 heterocycles. The Morgan fingerprint density at radius 1 is 0.972 bits per heavy atom. The molecule has 0 spiro atoms. The van der Waals surface area contributed by atoms with Crippen LogP contribution in [0.1, 0.15) is 38.3 Å². The van der Waals surface area contributed by atoms with E-state index in [1.807, 2.05) is 55.5 Å². The number of ketones is 1. The lowest BCUT2D eigenvalue weighted by Crippen LogP contribution is -2.09. The van der Waals surface area contributed by atoms with Crippen molar-refractivity contribution in [1.82, 2.24) is 9.97 Å². The van der Waals surface area contributed by atoms with Crippen LogP contribution in [0.25, 0.3) is 17.5 Å². The minimum Gasteiger partial charge on any atom is -0.340 e. The minimum atomic E-state index is -4.45. The summed E-state index contributed by atoms with van der Waals surface area (Å²) in [6, 6.07) is 19.8. The lowest BCUT2D eigenvalue weighted by molar-refractivity contribution is -0.137. The Morgan fingerprint density at radius 2 is 1.78 bits per heavy atom. The van der Waals surface area contributed by atoms with E-state index in [2.05, 4.69) is 5.32 Å². The lowest BCUT2D eigenvalue weighted by Gasteiger charge is -2.15. The third-order valence-electron chi connectivity index (χ3n) is 6.10. The molecule has 3 aromatic carbocycles. The number of nitrogens with zero attached hydrogens (tertiary/aromatic N) is 2. The van der Waals surface area contributed by atoms with Gasteiger partial charge in [-0.25, -0.2) is 9.97 Å². The first kappa shape index (κ1) is 23.5. The van der Waals surface area contributed by atoms with Gasteiger partial charge < -0.3 is 5.32 Å². The van der Waals surface area contributed by atoms with Gasteiger partial charge in [-0.3, -0.25) is 4.79 Å². The number of anilines is 2. The quantitative estimate of drug-likeness (QED) is 0.293. The van der Waals surface area contributed by atoms with Crippen molar-refractivity contribution in [2.75, 3.05) is 5.32 Å². The smallest absolute Gasteiger partial charge is 0.340 e. The van der Waals surface area contributed by atoms with Crippen LogP contribution in [-0.2, 0) is 19.0 Å². The van der Waals surface area contributed by atoms with Crippen LogP contribution in [0.2, 0.25) is 0 Å². The average Bonchev–Trinajstić information content (AvgIpc) is 3.35. The van der Waals surface area contributed by atoms with E-state index in [0.29, 0.717) is 34.9 Å². The van der Waals surface area contributed by atoms with Crippen molar-refractivity contribution in [3.63, 3.8) is 0 Å². The minimum absolute atomic E-state index is 0.128. The second-order valence-corrected chi connectivity index (χ2v) is 8.68. The number of fused-ring (bicyclic) bond motifs is 1. The van der Waals surface area contributed by atoms with Crippen LogP contribution in [0.4, 0.5) is 24.7 Å². The number of alkyl halides is 3. The Bertz CT molecular complexity index is 1480. The van der Waals surface area contributed by atoms with Crippen LogP contribution >= 0.6 is 0 Å². The molecule has 0 saturated heterocycles. The van der Waals surface area contributed by atoms with Gasteiger partial charge in [0.2, 0.25) is 0 Å². The Labute approximate surface area is 206 Å². The third kappa shape index (κ3) is 4.91. The number of Topliss-reactive ketones (excluding diaryl/α,β-unsaturated/α-hetero) is 1. The molecule has 1 aliphatic carbocycles. The van der Waals surface area contributed by atoms with Gasteiger partial charge >= 0.3 is 6.18 Å². The first-order valence-corrected chi connectivity index (χ1v) is 11.5. The number of aryl methyl sites for hydroxylation is 1. The average molecular weight is 486 g/mol. The molecule has 1 aliphatic rings. The monoisotopic (exact) mass is 485 g/mol. The summed E-state index contributed by atoms with van der Waals surface area (Å²) in [5.41, 5.74) is 4.28. The van der Waals surface area contributed by atoms with E-state index in [1.54, 1.807) is 12.1 Å². The third-order valence-corrected chi connectivity index (χ3v) is 6.10. The molecule has 0 saturated carbocycles. The Hall–Kier alpha value is -4.26. The highest BCUT2D eigenvalue weighted by molar-refractivity contribution is 5.98. The van der Waals surface area contributed by atoms with Crippen molar-refractivity contribution in [3.8, 4) is 11.4 Å². The molecule has 0 amide bonds. The molecule has 5 rings (SSSR count). The molecule has 0 atom stereocenters. The second-order valence-electron chi connectivity index (χ2n) is 8.68. The van der Waals surface area contributed by atoms with Gasteiger partial charge in [0.05, 0.1) is 11.3 Å². The highest BCUT2D eigenvalue weighted by Gasteiger charge is 2.30. The highest BCUT2D eigenvalue weighted by Crippen LogP contribution is 2.32. The van der Waals surface area contributed by atoms with E-state index in [0.717, 1.165) is 34.5 Å². The summed E-state index contributed by atoms with van der Waals surface area (Å²) in [7, 11) is 0. The van der Waals surface area contributed by atoms with E-state index >= 15 is 0 Å². The van der Waals surface area contributed by atoms with E-state index in [-0.39, 0.29) is 12.2 Å². The van der Waals surface area contributed by atoms with Crippen molar-refractivity contribution in [3.05, 3.63) is 112 Å². The van der Waals surface area contributed by atoms with Gasteiger partial charge in [-0.15, -0.1) is 0 Å². The van der Waals surface area contributed by atoms with Crippen molar-refractivity contribution < 1.29 is 18.0 Å². The number of carbonyl (C=O) groups excluding carboxylic acids is 1. The normalized spacial score (nSPS) is 12.4. The van der Waals surface area contributed by atoms with E-state index < -0.39 is 11.7 Å². The molecule has 4 aromatic rings. The molecule has 7 heteroatoms. The molecule has 0 aliphatic heterocycles. The summed E-state index contributed by atoms with van der Waals surface area (Å²) >= 11 is 0. The number of halogens is 3. The molecule has 0 bridgehead atoms. The van der Waals surface area contributed by atoms with Gasteiger partial charge in [-0.1, -0.05) is 66.7 Å². The zero-order valence-corrected chi connectivity index (χ0v) is 19.4. The van der Waals surface area contributed by atoms with Gasteiger partial charge in [0.1, 0.15) is 5.82 Å². The fraction of sp³-hybridized carbons (Fsp3) is 0.138. The number of hydrogen-bond donors (Lipinski definition) is 1.